The second-order valence-corrected chi connectivity index (χ2v) is 6.53. The Labute approximate surface area is 154 Å². The van der Waals surface area contributed by atoms with Crippen LogP contribution in [0.25, 0.3) is 0 Å². The van der Waals surface area contributed by atoms with Crippen LogP contribution in [0.5, 0.6) is 0 Å². The zero-order chi connectivity index (χ0) is 20.8. The Balaban J connectivity index is 1.97. The Bertz CT molecular complexity index is 557. The van der Waals surface area contributed by atoms with Gasteiger partial charge in [0.1, 0.15) is 0 Å². The van der Waals surface area contributed by atoms with E-state index in [2.05, 4.69) is 0 Å². The number of carbonyl (C=O) groups is 2. The van der Waals surface area contributed by atoms with Crippen molar-refractivity contribution in [1.29, 1.82) is 0 Å². The van der Waals surface area contributed by atoms with Crippen LogP contribution >= 0.6 is 0 Å². The maximum atomic E-state index is 13.0. The van der Waals surface area contributed by atoms with Gasteiger partial charge in [-0.25, -0.2) is 0 Å². The maximum absolute atomic E-state index is 13.0. The van der Waals surface area contributed by atoms with Gasteiger partial charge in [-0.05, 0) is 0 Å². The number of halogens is 6. The zero-order valence-corrected chi connectivity index (χ0v) is 14.3. The summed E-state index contributed by atoms with van der Waals surface area (Å²) < 4.78 is 99.0. The third-order valence-corrected chi connectivity index (χ3v) is 4.41. The summed E-state index contributed by atoms with van der Waals surface area (Å²) in [4.78, 5) is 24.3. The van der Waals surface area contributed by atoms with Crippen molar-refractivity contribution in [3.8, 4) is 0 Å². The fourth-order valence-corrected chi connectivity index (χ4v) is 3.38. The van der Waals surface area contributed by atoms with Crippen LogP contribution < -0.4 is 0 Å². The van der Waals surface area contributed by atoms with Gasteiger partial charge < -0.3 is 28.7 Å². The molecule has 0 saturated carbocycles. The molecule has 0 unspecified atom stereocenters. The van der Waals surface area contributed by atoms with Gasteiger partial charge in [0.25, 0.3) is 0 Å². The first-order valence-electron chi connectivity index (χ1n) is 8.14. The fraction of sp³-hybridized carbons (Fsp3) is 0.857. The average molecular weight is 422 g/mol. The van der Waals surface area contributed by atoms with Crippen molar-refractivity contribution in [1.82, 2.24) is 9.80 Å². The molecule has 0 N–H and O–H groups in total. The van der Waals surface area contributed by atoms with Gasteiger partial charge in [0.2, 0.25) is 11.6 Å². The lowest BCUT2D eigenvalue weighted by Gasteiger charge is -2.45. The molecule has 2 amide bonds. The molecular weight excluding hydrogens is 406 g/mol. The van der Waals surface area contributed by atoms with Crippen LogP contribution in [0.2, 0.25) is 0 Å². The number of amides is 2. The minimum Gasteiger partial charge on any atom is -0.344 e. The minimum atomic E-state index is -5.25. The third kappa shape index (κ3) is 4.18. The van der Waals surface area contributed by atoms with Gasteiger partial charge in [0.05, 0.1) is 52.6 Å². The van der Waals surface area contributed by atoms with Crippen molar-refractivity contribution in [2.45, 2.75) is 23.9 Å². The highest BCUT2D eigenvalue weighted by Crippen LogP contribution is 2.34. The van der Waals surface area contributed by atoms with Gasteiger partial charge >= 0.3 is 24.2 Å². The van der Waals surface area contributed by atoms with Crippen LogP contribution in [0.3, 0.4) is 0 Å². The first-order chi connectivity index (χ1) is 12.9. The van der Waals surface area contributed by atoms with Crippen LogP contribution in [0.4, 0.5) is 26.3 Å². The lowest BCUT2D eigenvalue weighted by Crippen LogP contribution is -2.66. The van der Waals surface area contributed by atoms with E-state index in [-0.39, 0.29) is 26.4 Å². The molecule has 28 heavy (non-hydrogen) atoms. The first kappa shape index (κ1) is 21.1. The van der Waals surface area contributed by atoms with E-state index in [9.17, 15) is 35.9 Å². The molecule has 2 spiro atoms. The SMILES string of the molecule is O=C(N1CC2(CN(C(=O)C(F)(F)F)CC3(C1)OCCO3)OCCO2)C(F)(F)F. The average Bonchev–Trinajstić information content (AvgIpc) is 3.20. The Kier molecular flexibility index (Phi) is 5.27. The van der Waals surface area contributed by atoms with E-state index in [1.54, 1.807) is 0 Å². The van der Waals surface area contributed by atoms with Crippen molar-refractivity contribution in [3.05, 3.63) is 0 Å². The van der Waals surface area contributed by atoms with E-state index < -0.39 is 61.9 Å². The summed E-state index contributed by atoms with van der Waals surface area (Å²) >= 11 is 0. The standard InChI is InChI=1S/C14H16F6N2O6/c15-13(16,17)9(23)21-5-11(25-1-2-26-11)6-22(10(24)14(18,19)20)8-12(7-21)27-3-4-28-12/h1-8H2. The summed E-state index contributed by atoms with van der Waals surface area (Å²) in [5.41, 5.74) is 0. The van der Waals surface area contributed by atoms with Crippen molar-refractivity contribution in [3.63, 3.8) is 0 Å². The molecule has 3 rings (SSSR count). The van der Waals surface area contributed by atoms with E-state index in [1.165, 1.54) is 0 Å². The predicted octanol–water partition coefficient (Wildman–Crippen LogP) is 0.268. The number of hydrogen-bond donors (Lipinski definition) is 0. The van der Waals surface area contributed by atoms with Crippen LogP contribution in [0.1, 0.15) is 0 Å². The van der Waals surface area contributed by atoms with Crippen molar-refractivity contribution < 1.29 is 54.9 Å². The molecular formula is C14H16F6N2O6. The molecule has 0 aliphatic carbocycles. The number of rotatable bonds is 0. The maximum Gasteiger partial charge on any atom is 0.471 e. The molecule has 160 valence electrons. The topological polar surface area (TPSA) is 77.5 Å². The molecule has 0 aromatic rings. The molecule has 0 bridgehead atoms. The van der Waals surface area contributed by atoms with Crippen LogP contribution in [-0.2, 0) is 28.5 Å². The molecule has 3 aliphatic rings. The largest absolute Gasteiger partial charge is 0.471 e. The summed E-state index contributed by atoms with van der Waals surface area (Å²) in [5, 5.41) is 0. The number of hydrogen-bond acceptors (Lipinski definition) is 6. The van der Waals surface area contributed by atoms with E-state index >= 15 is 0 Å². The molecule has 3 fully saturated rings. The molecule has 0 atom stereocenters. The van der Waals surface area contributed by atoms with Gasteiger partial charge in [0, 0.05) is 0 Å². The third-order valence-electron chi connectivity index (χ3n) is 4.41. The number of nitrogens with zero attached hydrogens (tertiary/aromatic N) is 2. The highest BCUT2D eigenvalue weighted by atomic mass is 19.4. The summed E-state index contributed by atoms with van der Waals surface area (Å²) in [5.74, 6) is -8.55. The minimum absolute atomic E-state index is 0.125. The van der Waals surface area contributed by atoms with Gasteiger partial charge in [-0.2, -0.15) is 26.3 Å². The molecule has 14 heteroatoms. The molecule has 3 aliphatic heterocycles. The second-order valence-electron chi connectivity index (χ2n) is 6.53. The van der Waals surface area contributed by atoms with Crippen molar-refractivity contribution in [2.24, 2.45) is 0 Å². The van der Waals surface area contributed by atoms with Crippen molar-refractivity contribution in [2.75, 3.05) is 52.6 Å². The molecule has 3 heterocycles. The van der Waals surface area contributed by atoms with Gasteiger partial charge in [0.15, 0.2) is 0 Å². The Morgan fingerprint density at radius 1 is 0.607 bits per heavy atom. The monoisotopic (exact) mass is 422 g/mol. The lowest BCUT2D eigenvalue weighted by atomic mass is 10.1. The zero-order valence-electron chi connectivity index (χ0n) is 14.3. The van der Waals surface area contributed by atoms with Gasteiger partial charge in [-0.1, -0.05) is 0 Å². The van der Waals surface area contributed by atoms with Gasteiger partial charge in [-0.3, -0.25) is 9.59 Å². The summed E-state index contributed by atoms with van der Waals surface area (Å²) in [6, 6.07) is 0. The van der Waals surface area contributed by atoms with Crippen LogP contribution in [-0.4, -0.2) is 98.1 Å². The second kappa shape index (κ2) is 7.00. The highest BCUT2D eigenvalue weighted by Gasteiger charge is 2.56. The predicted molar refractivity (Wildman–Crippen MR) is 74.5 cm³/mol. The van der Waals surface area contributed by atoms with E-state index in [0.717, 1.165) is 0 Å². The van der Waals surface area contributed by atoms with E-state index in [0.29, 0.717) is 9.80 Å². The molecule has 0 aromatic heterocycles. The van der Waals surface area contributed by atoms with Crippen molar-refractivity contribution >= 4 is 11.8 Å². The Morgan fingerprint density at radius 2 is 0.857 bits per heavy atom. The smallest absolute Gasteiger partial charge is 0.344 e. The van der Waals surface area contributed by atoms with Crippen LogP contribution in [0, 0.1) is 0 Å². The molecule has 0 radical (unpaired) electrons. The highest BCUT2D eigenvalue weighted by molar-refractivity contribution is 5.83. The number of carbonyl (C=O) groups excluding carboxylic acids is 2. The van der Waals surface area contributed by atoms with E-state index in [1.807, 2.05) is 0 Å². The number of alkyl halides is 6. The number of ether oxygens (including phenoxy) is 4. The lowest BCUT2D eigenvalue weighted by molar-refractivity contribution is -0.251. The normalized spacial score (nSPS) is 25.2. The van der Waals surface area contributed by atoms with Gasteiger partial charge in [-0.15, -0.1) is 0 Å². The summed E-state index contributed by atoms with van der Waals surface area (Å²) in [6.45, 7) is -3.94. The van der Waals surface area contributed by atoms with Crippen LogP contribution in [0.15, 0.2) is 0 Å². The van der Waals surface area contributed by atoms with E-state index in [4.69, 9.17) is 18.9 Å². The summed E-state index contributed by atoms with van der Waals surface area (Å²) in [7, 11) is 0. The molecule has 8 nitrogen and oxygen atoms in total. The molecule has 0 aromatic carbocycles. The first-order valence-corrected chi connectivity index (χ1v) is 8.14. The fourth-order valence-electron chi connectivity index (χ4n) is 3.38. The molecule has 3 saturated heterocycles. The summed E-state index contributed by atoms with van der Waals surface area (Å²) in [6.07, 6.45) is -10.5. The quantitative estimate of drug-likeness (QED) is 0.522. The Morgan fingerprint density at radius 3 is 1.07 bits per heavy atom. The Hall–Kier alpha value is -1.64.